The average molecular weight is 452 g/mol. The van der Waals surface area contributed by atoms with Gasteiger partial charge in [-0.15, -0.1) is 0 Å². The van der Waals surface area contributed by atoms with Crippen molar-refractivity contribution < 1.29 is 44.4 Å². The Kier molecular flexibility index (Phi) is 12.6. The van der Waals surface area contributed by atoms with Crippen LogP contribution in [0.1, 0.15) is 19.8 Å². The van der Waals surface area contributed by atoms with Crippen molar-refractivity contribution in [1.29, 1.82) is 0 Å². The van der Waals surface area contributed by atoms with E-state index < -0.39 is 73.0 Å². The number of carbonyl (C=O) groups is 5. The summed E-state index contributed by atoms with van der Waals surface area (Å²) >= 11 is 1.36. The molecule has 9 N–H and O–H groups in total. The van der Waals surface area contributed by atoms with Crippen molar-refractivity contribution >= 4 is 41.4 Å². The molecular weight excluding hydrogens is 424 g/mol. The van der Waals surface area contributed by atoms with E-state index in [0.29, 0.717) is 5.75 Å². The van der Waals surface area contributed by atoms with E-state index in [0.717, 1.165) is 0 Å². The van der Waals surface area contributed by atoms with Crippen LogP contribution in [0.5, 0.6) is 0 Å². The molecule has 14 heteroatoms. The van der Waals surface area contributed by atoms with Crippen LogP contribution < -0.4 is 21.7 Å². The molecule has 0 fully saturated rings. The fourth-order valence-corrected chi connectivity index (χ4v) is 2.64. The zero-order chi connectivity index (χ0) is 23.4. The maximum Gasteiger partial charge on any atom is 0.328 e. The summed E-state index contributed by atoms with van der Waals surface area (Å²) in [6, 6.07) is -5.81. The maximum absolute atomic E-state index is 12.6. The van der Waals surface area contributed by atoms with Crippen LogP contribution in [-0.4, -0.2) is 99.0 Å². The van der Waals surface area contributed by atoms with Crippen molar-refractivity contribution in [3.05, 3.63) is 0 Å². The SMILES string of the molecule is CSCCC(NC(=O)C(N)CC(=O)O)C(=O)NC(C(=O)NC(CO)C(=O)O)C(C)O. The summed E-state index contributed by atoms with van der Waals surface area (Å²) < 4.78 is 0. The number of carbonyl (C=O) groups excluding carboxylic acids is 3. The Morgan fingerprint density at radius 2 is 1.53 bits per heavy atom. The van der Waals surface area contributed by atoms with E-state index >= 15 is 0 Å². The van der Waals surface area contributed by atoms with Crippen LogP contribution in [0.3, 0.4) is 0 Å². The van der Waals surface area contributed by atoms with E-state index in [-0.39, 0.29) is 6.42 Å². The number of carboxylic acids is 2. The summed E-state index contributed by atoms with van der Waals surface area (Å²) in [5, 5.41) is 42.9. The van der Waals surface area contributed by atoms with Gasteiger partial charge in [-0.25, -0.2) is 4.79 Å². The molecule has 0 aromatic heterocycles. The van der Waals surface area contributed by atoms with Gasteiger partial charge in [-0.2, -0.15) is 11.8 Å². The summed E-state index contributed by atoms with van der Waals surface area (Å²) in [7, 11) is 0. The second kappa shape index (κ2) is 13.7. The predicted octanol–water partition coefficient (Wildman–Crippen LogP) is -3.55. The van der Waals surface area contributed by atoms with Crippen molar-refractivity contribution in [1.82, 2.24) is 16.0 Å². The number of carboxylic acid groups (broad SMARTS) is 2. The lowest BCUT2D eigenvalue weighted by molar-refractivity contribution is -0.144. The minimum atomic E-state index is -1.64. The van der Waals surface area contributed by atoms with Crippen LogP contribution in [0.15, 0.2) is 0 Å². The first kappa shape index (κ1) is 27.6. The second-order valence-corrected chi connectivity index (χ2v) is 7.34. The molecule has 0 heterocycles. The molecule has 5 atom stereocenters. The van der Waals surface area contributed by atoms with E-state index in [9.17, 15) is 29.1 Å². The zero-order valence-electron chi connectivity index (χ0n) is 16.5. The van der Waals surface area contributed by atoms with Crippen LogP contribution in [0.4, 0.5) is 0 Å². The lowest BCUT2D eigenvalue weighted by atomic mass is 10.1. The topological polar surface area (TPSA) is 228 Å². The van der Waals surface area contributed by atoms with E-state index in [1.807, 2.05) is 5.32 Å². The van der Waals surface area contributed by atoms with Gasteiger partial charge in [0.1, 0.15) is 18.1 Å². The number of rotatable bonds is 14. The Bertz CT molecular complexity index is 632. The van der Waals surface area contributed by atoms with Crippen LogP contribution in [-0.2, 0) is 24.0 Å². The molecule has 0 rings (SSSR count). The highest BCUT2D eigenvalue weighted by Gasteiger charge is 2.32. The molecule has 0 aromatic carbocycles. The standard InChI is InChI=1S/C16H28N4O9S/c1-7(22)12(15(27)19-10(6-21)16(28)29)20-14(26)9(3-4-30-2)18-13(25)8(17)5-11(23)24/h7-10,12,21-22H,3-6,17H2,1-2H3,(H,18,25)(H,19,27)(H,20,26)(H,23,24)(H,28,29). The third-order valence-electron chi connectivity index (χ3n) is 3.83. The molecule has 0 aliphatic heterocycles. The van der Waals surface area contributed by atoms with Gasteiger partial charge in [0.15, 0.2) is 0 Å². The van der Waals surface area contributed by atoms with Gasteiger partial charge in [0.25, 0.3) is 0 Å². The number of aliphatic carboxylic acids is 2. The van der Waals surface area contributed by atoms with Crippen molar-refractivity contribution in [2.45, 2.75) is 50.0 Å². The van der Waals surface area contributed by atoms with Gasteiger partial charge < -0.3 is 42.1 Å². The second-order valence-electron chi connectivity index (χ2n) is 6.36. The van der Waals surface area contributed by atoms with Crippen molar-refractivity contribution in [3.8, 4) is 0 Å². The lowest BCUT2D eigenvalue weighted by Crippen LogP contribution is -2.60. The Morgan fingerprint density at radius 1 is 0.967 bits per heavy atom. The lowest BCUT2D eigenvalue weighted by Gasteiger charge is -2.26. The molecule has 30 heavy (non-hydrogen) atoms. The Morgan fingerprint density at radius 3 is 1.97 bits per heavy atom. The van der Waals surface area contributed by atoms with Gasteiger partial charge in [-0.1, -0.05) is 0 Å². The number of thioether (sulfide) groups is 1. The van der Waals surface area contributed by atoms with Crippen molar-refractivity contribution in [3.63, 3.8) is 0 Å². The van der Waals surface area contributed by atoms with E-state index in [2.05, 4.69) is 10.6 Å². The molecule has 3 amide bonds. The smallest absolute Gasteiger partial charge is 0.328 e. The number of hydrogen-bond donors (Lipinski definition) is 8. The van der Waals surface area contributed by atoms with Crippen LogP contribution in [0.2, 0.25) is 0 Å². The van der Waals surface area contributed by atoms with Crippen LogP contribution >= 0.6 is 11.8 Å². The minimum Gasteiger partial charge on any atom is -0.481 e. The number of nitrogens with one attached hydrogen (secondary N) is 3. The Balaban J connectivity index is 5.30. The normalized spacial score (nSPS) is 15.8. The van der Waals surface area contributed by atoms with Crippen LogP contribution in [0.25, 0.3) is 0 Å². The van der Waals surface area contributed by atoms with Crippen LogP contribution in [0, 0.1) is 0 Å². The fourth-order valence-electron chi connectivity index (χ4n) is 2.17. The third-order valence-corrected chi connectivity index (χ3v) is 4.48. The maximum atomic E-state index is 12.6. The summed E-state index contributed by atoms with van der Waals surface area (Å²) in [6.07, 6.45) is -0.228. The van der Waals surface area contributed by atoms with Crippen molar-refractivity contribution in [2.75, 3.05) is 18.6 Å². The molecule has 0 bridgehead atoms. The number of amides is 3. The number of hydrogen-bond acceptors (Lipinski definition) is 9. The van der Waals surface area contributed by atoms with Gasteiger partial charge in [0.05, 0.1) is 25.2 Å². The van der Waals surface area contributed by atoms with Crippen molar-refractivity contribution in [2.24, 2.45) is 5.73 Å². The molecule has 172 valence electrons. The van der Waals surface area contributed by atoms with Gasteiger partial charge in [0.2, 0.25) is 17.7 Å². The van der Waals surface area contributed by atoms with Gasteiger partial charge >= 0.3 is 11.9 Å². The number of aliphatic hydroxyl groups is 2. The average Bonchev–Trinajstić information content (AvgIpc) is 2.65. The molecule has 0 spiro atoms. The molecule has 13 nitrogen and oxygen atoms in total. The van der Waals surface area contributed by atoms with E-state index in [1.54, 1.807) is 6.26 Å². The number of aliphatic hydroxyl groups excluding tert-OH is 2. The molecule has 0 radical (unpaired) electrons. The first-order chi connectivity index (χ1) is 13.9. The Hall–Kier alpha value is -2.42. The van der Waals surface area contributed by atoms with E-state index in [1.165, 1.54) is 18.7 Å². The third kappa shape index (κ3) is 9.87. The first-order valence-corrected chi connectivity index (χ1v) is 10.2. The first-order valence-electron chi connectivity index (χ1n) is 8.83. The molecule has 0 aliphatic carbocycles. The predicted molar refractivity (Wildman–Crippen MR) is 105 cm³/mol. The monoisotopic (exact) mass is 452 g/mol. The highest BCUT2D eigenvalue weighted by molar-refractivity contribution is 7.98. The molecule has 0 saturated heterocycles. The highest BCUT2D eigenvalue weighted by atomic mass is 32.2. The summed E-state index contributed by atoms with van der Waals surface area (Å²) in [6.45, 7) is 0.271. The molecule has 0 aliphatic rings. The molecular formula is C16H28N4O9S. The summed E-state index contributed by atoms with van der Waals surface area (Å²) in [4.78, 5) is 58.5. The molecule has 0 aromatic rings. The van der Waals surface area contributed by atoms with E-state index in [4.69, 9.17) is 21.1 Å². The summed E-state index contributed by atoms with van der Waals surface area (Å²) in [5.41, 5.74) is 5.48. The van der Waals surface area contributed by atoms with Gasteiger partial charge in [0, 0.05) is 0 Å². The number of nitrogens with two attached hydrogens (primary N) is 1. The highest BCUT2D eigenvalue weighted by Crippen LogP contribution is 2.04. The van der Waals surface area contributed by atoms with Gasteiger partial charge in [-0.3, -0.25) is 19.2 Å². The quantitative estimate of drug-likeness (QED) is 0.129. The summed E-state index contributed by atoms with van der Waals surface area (Å²) in [5.74, 6) is -5.20. The molecule has 0 saturated carbocycles. The largest absolute Gasteiger partial charge is 0.481 e. The fraction of sp³-hybridized carbons (Fsp3) is 0.688. The Labute approximate surface area is 176 Å². The van der Waals surface area contributed by atoms with Gasteiger partial charge in [-0.05, 0) is 25.4 Å². The molecule has 5 unspecified atom stereocenters. The zero-order valence-corrected chi connectivity index (χ0v) is 17.3. The minimum absolute atomic E-state index is 0.112.